The number of hydrogen-bond donors (Lipinski definition) is 1. The fourth-order valence-corrected chi connectivity index (χ4v) is 4.32. The van der Waals surface area contributed by atoms with Gasteiger partial charge in [-0.2, -0.15) is 0 Å². The zero-order chi connectivity index (χ0) is 24.2. The number of carbonyl (C=O) groups is 1. The minimum Gasteiger partial charge on any atom is -0.323 e. The predicted octanol–water partition coefficient (Wildman–Crippen LogP) is 5.85. The van der Waals surface area contributed by atoms with Crippen LogP contribution in [0.3, 0.4) is 0 Å². The van der Waals surface area contributed by atoms with Crippen molar-refractivity contribution in [3.63, 3.8) is 0 Å². The molecule has 2 heterocycles. The molecule has 0 radical (unpaired) electrons. The van der Waals surface area contributed by atoms with Crippen molar-refractivity contribution in [3.05, 3.63) is 84.2 Å². The van der Waals surface area contributed by atoms with Gasteiger partial charge in [-0.1, -0.05) is 43.8 Å². The van der Waals surface area contributed by atoms with Crippen LogP contribution in [0.15, 0.2) is 72.1 Å². The molecule has 1 unspecified atom stereocenters. The molecular weight excluding hydrogens is 456 g/mol. The van der Waals surface area contributed by atoms with Gasteiger partial charge in [0.15, 0.2) is 11.0 Å². The standard InChI is InChI=1S/C25H23F2N5OS/c1-15(2)19-8-4-5-9-22(19)32-23(17-7-6-12-28-14-17)30-31-25(32)34-16(3)24(33)29-21-13-18(26)10-11-20(21)27/h4-16H,1-3H3,(H,29,33). The first-order valence-corrected chi connectivity index (χ1v) is 11.6. The maximum atomic E-state index is 14.0. The minimum absolute atomic E-state index is 0.208. The Labute approximate surface area is 200 Å². The van der Waals surface area contributed by atoms with Gasteiger partial charge in [-0.05, 0) is 48.7 Å². The average molecular weight is 480 g/mol. The molecule has 4 aromatic rings. The van der Waals surface area contributed by atoms with E-state index in [0.717, 1.165) is 35.0 Å². The van der Waals surface area contributed by atoms with Gasteiger partial charge in [-0.3, -0.25) is 14.3 Å². The largest absolute Gasteiger partial charge is 0.323 e. The number of halogens is 2. The van der Waals surface area contributed by atoms with Crippen LogP contribution in [0.5, 0.6) is 0 Å². The number of hydrogen-bond acceptors (Lipinski definition) is 5. The quantitative estimate of drug-likeness (QED) is 0.337. The summed E-state index contributed by atoms with van der Waals surface area (Å²) < 4.78 is 29.4. The maximum absolute atomic E-state index is 14.0. The summed E-state index contributed by atoms with van der Waals surface area (Å²) in [5.41, 5.74) is 2.56. The third-order valence-corrected chi connectivity index (χ3v) is 6.23. The zero-order valence-corrected chi connectivity index (χ0v) is 19.7. The van der Waals surface area contributed by atoms with E-state index in [-0.39, 0.29) is 11.6 Å². The Kier molecular flexibility index (Phi) is 7.02. The highest BCUT2D eigenvalue weighted by molar-refractivity contribution is 8.00. The average Bonchev–Trinajstić information content (AvgIpc) is 3.25. The summed E-state index contributed by atoms with van der Waals surface area (Å²) in [5, 5.41) is 11.0. The monoisotopic (exact) mass is 479 g/mol. The third kappa shape index (κ3) is 4.99. The van der Waals surface area contributed by atoms with Crippen LogP contribution < -0.4 is 5.32 Å². The molecule has 0 saturated carbocycles. The molecule has 4 rings (SSSR count). The molecular formula is C25H23F2N5OS. The van der Waals surface area contributed by atoms with E-state index in [4.69, 9.17) is 0 Å². The van der Waals surface area contributed by atoms with Crippen molar-refractivity contribution in [2.45, 2.75) is 37.1 Å². The number of nitrogens with zero attached hydrogens (tertiary/aromatic N) is 4. The molecule has 2 aromatic heterocycles. The fourth-order valence-electron chi connectivity index (χ4n) is 3.46. The van der Waals surface area contributed by atoms with E-state index in [9.17, 15) is 13.6 Å². The van der Waals surface area contributed by atoms with Crippen LogP contribution in [0.2, 0.25) is 0 Å². The molecule has 6 nitrogen and oxygen atoms in total. The zero-order valence-electron chi connectivity index (χ0n) is 18.9. The molecule has 1 atom stereocenters. The summed E-state index contributed by atoms with van der Waals surface area (Å²) in [5.74, 6) is -1.01. The molecule has 9 heteroatoms. The lowest BCUT2D eigenvalue weighted by atomic mass is 10.0. The van der Waals surface area contributed by atoms with Gasteiger partial charge < -0.3 is 5.32 Å². The molecule has 2 aromatic carbocycles. The van der Waals surface area contributed by atoms with Crippen LogP contribution in [-0.2, 0) is 4.79 Å². The summed E-state index contributed by atoms with van der Waals surface area (Å²) in [6, 6.07) is 14.6. The number of aromatic nitrogens is 4. The molecule has 0 bridgehead atoms. The normalized spacial score (nSPS) is 12.1. The molecule has 0 spiro atoms. The van der Waals surface area contributed by atoms with E-state index >= 15 is 0 Å². The van der Waals surface area contributed by atoms with Gasteiger partial charge in [-0.25, -0.2) is 8.78 Å². The van der Waals surface area contributed by atoms with Gasteiger partial charge in [0.2, 0.25) is 5.91 Å². The van der Waals surface area contributed by atoms with Crippen LogP contribution in [0.25, 0.3) is 17.1 Å². The Morgan fingerprint density at radius 3 is 2.56 bits per heavy atom. The number of para-hydroxylation sites is 1. The summed E-state index contributed by atoms with van der Waals surface area (Å²) >= 11 is 1.18. The Morgan fingerprint density at radius 1 is 1.03 bits per heavy atom. The maximum Gasteiger partial charge on any atom is 0.237 e. The van der Waals surface area contributed by atoms with Gasteiger partial charge in [0.25, 0.3) is 0 Å². The number of thioether (sulfide) groups is 1. The first-order chi connectivity index (χ1) is 16.3. The number of rotatable bonds is 7. The van der Waals surface area contributed by atoms with Gasteiger partial charge in [0, 0.05) is 24.0 Å². The van der Waals surface area contributed by atoms with E-state index in [1.165, 1.54) is 11.8 Å². The smallest absolute Gasteiger partial charge is 0.237 e. The topological polar surface area (TPSA) is 72.7 Å². The van der Waals surface area contributed by atoms with Gasteiger partial charge >= 0.3 is 0 Å². The van der Waals surface area contributed by atoms with Gasteiger partial charge in [-0.15, -0.1) is 10.2 Å². The number of amides is 1. The molecule has 1 N–H and O–H groups in total. The van der Waals surface area contributed by atoms with Crippen LogP contribution in [0, 0.1) is 11.6 Å². The van der Waals surface area contributed by atoms with Crippen molar-refractivity contribution in [2.24, 2.45) is 0 Å². The Hall–Kier alpha value is -3.59. The van der Waals surface area contributed by atoms with Crippen LogP contribution in [0.1, 0.15) is 32.3 Å². The number of pyridine rings is 1. The van der Waals surface area contributed by atoms with E-state index in [1.807, 2.05) is 41.0 Å². The van der Waals surface area contributed by atoms with E-state index in [2.05, 4.69) is 34.3 Å². The van der Waals surface area contributed by atoms with E-state index in [1.54, 1.807) is 19.3 Å². The SMILES string of the molecule is CC(Sc1nnc(-c2cccnc2)n1-c1ccccc1C(C)C)C(=O)Nc1cc(F)ccc1F. The highest BCUT2D eigenvalue weighted by Gasteiger charge is 2.24. The van der Waals surface area contributed by atoms with Crippen molar-refractivity contribution in [1.29, 1.82) is 0 Å². The highest BCUT2D eigenvalue weighted by atomic mass is 32.2. The second kappa shape index (κ2) is 10.1. The van der Waals surface area contributed by atoms with Crippen LogP contribution >= 0.6 is 11.8 Å². The lowest BCUT2D eigenvalue weighted by Gasteiger charge is -2.18. The Balaban J connectivity index is 1.70. The number of anilines is 1. The van der Waals surface area contributed by atoms with Crippen molar-refractivity contribution in [1.82, 2.24) is 19.7 Å². The summed E-state index contributed by atoms with van der Waals surface area (Å²) in [6.45, 7) is 5.88. The van der Waals surface area contributed by atoms with Gasteiger partial charge in [0.05, 0.1) is 16.6 Å². The van der Waals surface area contributed by atoms with Crippen LogP contribution in [-0.4, -0.2) is 30.9 Å². The van der Waals surface area contributed by atoms with Crippen molar-refractivity contribution >= 4 is 23.4 Å². The van der Waals surface area contributed by atoms with Crippen molar-refractivity contribution < 1.29 is 13.6 Å². The molecule has 1 amide bonds. The second-order valence-corrected chi connectivity index (χ2v) is 9.28. The van der Waals surface area contributed by atoms with Crippen molar-refractivity contribution in [2.75, 3.05) is 5.32 Å². The lowest BCUT2D eigenvalue weighted by Crippen LogP contribution is -2.23. The lowest BCUT2D eigenvalue weighted by molar-refractivity contribution is -0.115. The van der Waals surface area contributed by atoms with Crippen LogP contribution in [0.4, 0.5) is 14.5 Å². The first-order valence-electron chi connectivity index (χ1n) is 10.7. The molecule has 0 fully saturated rings. The Morgan fingerprint density at radius 2 is 1.82 bits per heavy atom. The molecule has 0 aliphatic heterocycles. The first kappa shape index (κ1) is 23.6. The number of nitrogens with one attached hydrogen (secondary N) is 1. The molecule has 0 aliphatic carbocycles. The van der Waals surface area contributed by atoms with E-state index < -0.39 is 22.8 Å². The number of carbonyl (C=O) groups excluding carboxylic acids is 1. The second-order valence-electron chi connectivity index (χ2n) is 7.97. The molecule has 174 valence electrons. The van der Waals surface area contributed by atoms with Gasteiger partial charge in [0.1, 0.15) is 11.6 Å². The van der Waals surface area contributed by atoms with E-state index in [0.29, 0.717) is 11.0 Å². The fraction of sp³-hybridized carbons (Fsp3) is 0.200. The summed E-state index contributed by atoms with van der Waals surface area (Å²) in [4.78, 5) is 17.0. The summed E-state index contributed by atoms with van der Waals surface area (Å²) in [6.07, 6.45) is 3.38. The third-order valence-electron chi connectivity index (χ3n) is 5.19. The minimum atomic E-state index is -0.708. The van der Waals surface area contributed by atoms with Crippen molar-refractivity contribution in [3.8, 4) is 17.1 Å². The number of benzene rings is 2. The summed E-state index contributed by atoms with van der Waals surface area (Å²) in [7, 11) is 0. The molecule has 0 saturated heterocycles. The molecule has 0 aliphatic rings. The Bertz CT molecular complexity index is 1310. The highest BCUT2D eigenvalue weighted by Crippen LogP contribution is 2.33. The molecule has 34 heavy (non-hydrogen) atoms. The predicted molar refractivity (Wildman–Crippen MR) is 129 cm³/mol.